The van der Waals surface area contributed by atoms with Crippen LogP contribution < -0.4 is 10.1 Å². The standard InChI is InChI=1S/C14H19NO2/c16-13-4-1-11(2-5-13)15-12-3-6-14-10(9-12)7-8-17-14/h3,6,9,11,13,15-16H,1-2,4-5,7-8H2. The van der Waals surface area contributed by atoms with E-state index in [9.17, 15) is 5.11 Å². The van der Waals surface area contributed by atoms with Crippen LogP contribution in [0.2, 0.25) is 0 Å². The third-order valence-electron chi connectivity index (χ3n) is 3.76. The third kappa shape index (κ3) is 2.39. The van der Waals surface area contributed by atoms with Crippen LogP contribution in [0.3, 0.4) is 0 Å². The molecule has 3 rings (SSSR count). The maximum absolute atomic E-state index is 9.48. The molecule has 1 aliphatic heterocycles. The number of nitrogens with one attached hydrogen (secondary N) is 1. The smallest absolute Gasteiger partial charge is 0.122 e. The summed E-state index contributed by atoms with van der Waals surface area (Å²) in [4.78, 5) is 0. The van der Waals surface area contributed by atoms with Crippen molar-refractivity contribution in [2.24, 2.45) is 0 Å². The Morgan fingerprint density at radius 1 is 1.18 bits per heavy atom. The molecule has 1 aliphatic carbocycles. The summed E-state index contributed by atoms with van der Waals surface area (Å²) in [5.41, 5.74) is 2.50. The van der Waals surface area contributed by atoms with E-state index in [1.807, 2.05) is 0 Å². The Hall–Kier alpha value is -1.22. The summed E-state index contributed by atoms with van der Waals surface area (Å²) in [6, 6.07) is 6.86. The largest absolute Gasteiger partial charge is 0.493 e. The average molecular weight is 233 g/mol. The minimum absolute atomic E-state index is 0.0820. The highest BCUT2D eigenvalue weighted by Crippen LogP contribution is 2.29. The maximum atomic E-state index is 9.48. The van der Waals surface area contributed by atoms with E-state index in [1.165, 1.54) is 11.3 Å². The Bertz CT molecular complexity index is 397. The Labute approximate surface area is 102 Å². The number of aliphatic hydroxyl groups is 1. The Morgan fingerprint density at radius 3 is 2.82 bits per heavy atom. The van der Waals surface area contributed by atoms with E-state index >= 15 is 0 Å². The molecule has 3 heteroatoms. The van der Waals surface area contributed by atoms with Crippen molar-refractivity contribution in [1.29, 1.82) is 0 Å². The zero-order valence-corrected chi connectivity index (χ0v) is 9.98. The van der Waals surface area contributed by atoms with Gasteiger partial charge in [-0.05, 0) is 49.4 Å². The van der Waals surface area contributed by atoms with Gasteiger partial charge in [0.2, 0.25) is 0 Å². The predicted molar refractivity (Wildman–Crippen MR) is 67.5 cm³/mol. The lowest BCUT2D eigenvalue weighted by molar-refractivity contribution is 0.126. The third-order valence-corrected chi connectivity index (χ3v) is 3.76. The minimum Gasteiger partial charge on any atom is -0.493 e. The molecule has 0 saturated heterocycles. The first-order valence-corrected chi connectivity index (χ1v) is 6.51. The van der Waals surface area contributed by atoms with Gasteiger partial charge in [0.05, 0.1) is 12.7 Å². The number of aliphatic hydroxyl groups excluding tert-OH is 1. The predicted octanol–water partition coefficient (Wildman–Crippen LogP) is 2.34. The van der Waals surface area contributed by atoms with Gasteiger partial charge >= 0.3 is 0 Å². The molecule has 2 aliphatic rings. The molecule has 0 atom stereocenters. The molecule has 0 radical (unpaired) electrons. The maximum Gasteiger partial charge on any atom is 0.122 e. The summed E-state index contributed by atoms with van der Waals surface area (Å²) in [5.74, 6) is 1.04. The Balaban J connectivity index is 1.65. The number of anilines is 1. The second-order valence-corrected chi connectivity index (χ2v) is 5.07. The van der Waals surface area contributed by atoms with E-state index in [1.54, 1.807) is 0 Å². The highest BCUT2D eigenvalue weighted by molar-refractivity contribution is 5.53. The van der Waals surface area contributed by atoms with Crippen LogP contribution in [0, 0.1) is 0 Å². The second kappa shape index (κ2) is 4.57. The molecule has 17 heavy (non-hydrogen) atoms. The zero-order chi connectivity index (χ0) is 11.7. The van der Waals surface area contributed by atoms with E-state index in [4.69, 9.17) is 4.74 Å². The topological polar surface area (TPSA) is 41.5 Å². The van der Waals surface area contributed by atoms with Crippen LogP contribution in [0.1, 0.15) is 31.2 Å². The molecule has 1 aromatic carbocycles. The lowest BCUT2D eigenvalue weighted by Gasteiger charge is -2.27. The minimum atomic E-state index is -0.0820. The molecule has 1 aromatic rings. The van der Waals surface area contributed by atoms with Crippen molar-refractivity contribution in [2.45, 2.75) is 44.2 Å². The first-order valence-electron chi connectivity index (χ1n) is 6.51. The van der Waals surface area contributed by atoms with Gasteiger partial charge in [-0.1, -0.05) is 0 Å². The summed E-state index contributed by atoms with van der Waals surface area (Å²) in [6.07, 6.45) is 4.91. The molecule has 0 spiro atoms. The highest BCUT2D eigenvalue weighted by atomic mass is 16.5. The fourth-order valence-corrected chi connectivity index (χ4v) is 2.73. The Kier molecular flexibility index (Phi) is 2.93. The molecule has 1 saturated carbocycles. The molecule has 92 valence electrons. The number of hydrogen-bond donors (Lipinski definition) is 2. The van der Waals surface area contributed by atoms with E-state index < -0.39 is 0 Å². The van der Waals surface area contributed by atoms with Crippen molar-refractivity contribution >= 4 is 5.69 Å². The molecular formula is C14H19NO2. The van der Waals surface area contributed by atoms with Crippen molar-refractivity contribution in [2.75, 3.05) is 11.9 Å². The first kappa shape index (κ1) is 10.9. The van der Waals surface area contributed by atoms with Gasteiger partial charge < -0.3 is 15.2 Å². The Morgan fingerprint density at radius 2 is 2.00 bits per heavy atom. The van der Waals surface area contributed by atoms with Crippen LogP contribution in [0.5, 0.6) is 5.75 Å². The fourth-order valence-electron chi connectivity index (χ4n) is 2.73. The molecule has 3 nitrogen and oxygen atoms in total. The normalized spacial score (nSPS) is 27.4. The van der Waals surface area contributed by atoms with Gasteiger partial charge in [-0.3, -0.25) is 0 Å². The molecule has 2 N–H and O–H groups in total. The first-order chi connectivity index (χ1) is 8.31. The van der Waals surface area contributed by atoms with Gasteiger partial charge in [0, 0.05) is 18.2 Å². The number of ether oxygens (including phenoxy) is 1. The summed E-state index contributed by atoms with van der Waals surface area (Å²) < 4.78 is 5.50. The van der Waals surface area contributed by atoms with Crippen LogP contribution in [-0.4, -0.2) is 23.9 Å². The van der Waals surface area contributed by atoms with Crippen molar-refractivity contribution in [3.8, 4) is 5.75 Å². The molecule has 1 heterocycles. The van der Waals surface area contributed by atoms with E-state index in [-0.39, 0.29) is 6.10 Å². The number of rotatable bonds is 2. The van der Waals surface area contributed by atoms with Crippen molar-refractivity contribution < 1.29 is 9.84 Å². The second-order valence-electron chi connectivity index (χ2n) is 5.07. The number of hydrogen-bond acceptors (Lipinski definition) is 3. The van der Waals surface area contributed by atoms with E-state index in [0.29, 0.717) is 6.04 Å². The monoisotopic (exact) mass is 233 g/mol. The molecule has 0 amide bonds. The molecule has 0 unspecified atom stereocenters. The quantitative estimate of drug-likeness (QED) is 0.823. The van der Waals surface area contributed by atoms with Crippen LogP contribution in [0.15, 0.2) is 18.2 Å². The lowest BCUT2D eigenvalue weighted by atomic mass is 9.93. The van der Waals surface area contributed by atoms with Crippen molar-refractivity contribution in [3.63, 3.8) is 0 Å². The van der Waals surface area contributed by atoms with Gasteiger partial charge in [0.15, 0.2) is 0 Å². The lowest BCUT2D eigenvalue weighted by Crippen LogP contribution is -2.28. The van der Waals surface area contributed by atoms with Gasteiger partial charge in [-0.15, -0.1) is 0 Å². The van der Waals surface area contributed by atoms with Gasteiger partial charge in [0.25, 0.3) is 0 Å². The van der Waals surface area contributed by atoms with E-state index in [2.05, 4.69) is 23.5 Å². The molecular weight excluding hydrogens is 214 g/mol. The summed E-state index contributed by atoms with van der Waals surface area (Å²) in [7, 11) is 0. The van der Waals surface area contributed by atoms with Gasteiger partial charge in [-0.25, -0.2) is 0 Å². The zero-order valence-electron chi connectivity index (χ0n) is 9.98. The van der Waals surface area contributed by atoms with Crippen LogP contribution in [0.25, 0.3) is 0 Å². The summed E-state index contributed by atoms with van der Waals surface area (Å²) in [5, 5.41) is 13.0. The molecule has 1 fully saturated rings. The SMILES string of the molecule is OC1CCC(Nc2ccc3c(c2)CCO3)CC1. The van der Waals surface area contributed by atoms with Crippen LogP contribution in [0.4, 0.5) is 5.69 Å². The van der Waals surface area contributed by atoms with Crippen molar-refractivity contribution in [3.05, 3.63) is 23.8 Å². The van der Waals surface area contributed by atoms with Crippen LogP contribution >= 0.6 is 0 Å². The number of fused-ring (bicyclic) bond motifs is 1. The van der Waals surface area contributed by atoms with Crippen molar-refractivity contribution in [1.82, 2.24) is 0 Å². The van der Waals surface area contributed by atoms with Gasteiger partial charge in [0.1, 0.15) is 5.75 Å². The highest BCUT2D eigenvalue weighted by Gasteiger charge is 2.19. The average Bonchev–Trinajstić information content (AvgIpc) is 2.79. The summed E-state index contributed by atoms with van der Waals surface area (Å²) >= 11 is 0. The van der Waals surface area contributed by atoms with Gasteiger partial charge in [-0.2, -0.15) is 0 Å². The fraction of sp³-hybridized carbons (Fsp3) is 0.571. The van der Waals surface area contributed by atoms with Crippen LogP contribution in [-0.2, 0) is 6.42 Å². The molecule has 0 bridgehead atoms. The molecule has 0 aromatic heterocycles. The van der Waals surface area contributed by atoms with E-state index in [0.717, 1.165) is 44.5 Å². The summed E-state index contributed by atoms with van der Waals surface area (Å²) in [6.45, 7) is 0.814. The number of benzene rings is 1.